The van der Waals surface area contributed by atoms with Crippen LogP contribution in [-0.4, -0.2) is 87.5 Å². The first kappa shape index (κ1) is 31.1. The number of hydrogen-bond donors (Lipinski definition) is 3. The maximum Gasteiger partial charge on any atom is 0.405 e. The molecule has 2 heterocycles. The molecule has 3 N–H and O–H groups in total. The van der Waals surface area contributed by atoms with Crippen LogP contribution in [-0.2, 0) is 11.2 Å². The number of benzene rings is 1. The summed E-state index contributed by atoms with van der Waals surface area (Å²) < 4.78 is 5.88. The molecule has 2 aromatic rings. The molecule has 10 nitrogen and oxygen atoms in total. The van der Waals surface area contributed by atoms with Crippen molar-refractivity contribution in [2.45, 2.75) is 71.8 Å². The number of rotatable bonds is 14. The third-order valence-electron chi connectivity index (χ3n) is 7.70. The molecule has 2 amide bonds. The maximum absolute atomic E-state index is 13.9. The lowest BCUT2D eigenvalue weighted by atomic mass is 9.69. The molecule has 1 saturated heterocycles. The molecule has 0 unspecified atom stereocenters. The smallest absolute Gasteiger partial charge is 0.405 e. The lowest BCUT2D eigenvalue weighted by Crippen LogP contribution is -2.68. The van der Waals surface area contributed by atoms with Crippen LogP contribution in [0.5, 0.6) is 5.75 Å². The highest BCUT2D eigenvalue weighted by atomic mass is 16.5. The predicted molar refractivity (Wildman–Crippen MR) is 154 cm³/mol. The summed E-state index contributed by atoms with van der Waals surface area (Å²) in [7, 11) is 0. The summed E-state index contributed by atoms with van der Waals surface area (Å²) in [6, 6.07) is 7.38. The Hall–Kier alpha value is -3.40. The van der Waals surface area contributed by atoms with Crippen molar-refractivity contribution < 1.29 is 24.2 Å². The Balaban J connectivity index is 1.48. The number of carbonyl (C=O) groups is 3. The first-order chi connectivity index (χ1) is 19.1. The van der Waals surface area contributed by atoms with E-state index in [0.29, 0.717) is 44.9 Å². The molecule has 0 radical (unpaired) electrons. The van der Waals surface area contributed by atoms with Crippen LogP contribution in [0.2, 0.25) is 0 Å². The molecule has 0 spiro atoms. The van der Waals surface area contributed by atoms with Gasteiger partial charge >= 0.3 is 6.09 Å². The van der Waals surface area contributed by atoms with Crippen LogP contribution in [0, 0.1) is 5.41 Å². The largest absolute Gasteiger partial charge is 0.494 e. The first-order valence-electron chi connectivity index (χ1n) is 14.3. The number of amides is 2. The van der Waals surface area contributed by atoms with Crippen LogP contribution < -0.4 is 10.1 Å². The number of Topliss-reactive ketones (excluding diaryl/α,β-unsaturated/α-hetero) is 1. The fourth-order valence-corrected chi connectivity index (χ4v) is 5.13. The highest BCUT2D eigenvalue weighted by Gasteiger charge is 2.52. The van der Waals surface area contributed by atoms with Gasteiger partial charge in [0.15, 0.2) is 5.78 Å². The molecule has 0 aliphatic carbocycles. The number of carboxylic acid groups (broad SMARTS) is 1. The quantitative estimate of drug-likeness (QED) is 0.233. The number of imidazole rings is 1. The maximum atomic E-state index is 13.9. The summed E-state index contributed by atoms with van der Waals surface area (Å²) in [5.41, 5.74) is -0.672. The average Bonchev–Trinajstić information content (AvgIpc) is 3.43. The Morgan fingerprint density at radius 1 is 1.05 bits per heavy atom. The van der Waals surface area contributed by atoms with E-state index in [1.54, 1.807) is 11.1 Å². The zero-order chi connectivity index (χ0) is 29.2. The minimum Gasteiger partial charge on any atom is -0.494 e. The van der Waals surface area contributed by atoms with Crippen LogP contribution in [0.4, 0.5) is 4.79 Å². The molecular weight excluding hydrogens is 510 g/mol. The van der Waals surface area contributed by atoms with E-state index in [0.717, 1.165) is 43.5 Å². The van der Waals surface area contributed by atoms with Gasteiger partial charge in [0.2, 0.25) is 5.91 Å². The summed E-state index contributed by atoms with van der Waals surface area (Å²) in [5.74, 6) is 0.708. The molecule has 0 saturated carbocycles. The number of ether oxygens (including phenoxy) is 1. The van der Waals surface area contributed by atoms with Crippen molar-refractivity contribution in [3.8, 4) is 5.75 Å². The second-order valence-corrected chi connectivity index (χ2v) is 11.6. The molecule has 3 rings (SSSR count). The van der Waals surface area contributed by atoms with Crippen LogP contribution in [0.1, 0.15) is 75.9 Å². The number of ketones is 1. The Kier molecular flexibility index (Phi) is 11.1. The molecular formula is C30H45N5O5. The highest BCUT2D eigenvalue weighted by Crippen LogP contribution is 2.35. The topological polar surface area (TPSA) is 128 Å². The van der Waals surface area contributed by atoms with Crippen LogP contribution in [0.25, 0.3) is 0 Å². The lowest BCUT2D eigenvalue weighted by molar-refractivity contribution is -0.145. The molecule has 1 aliphatic rings. The first-order valence-corrected chi connectivity index (χ1v) is 14.3. The molecule has 1 aromatic heterocycles. The van der Waals surface area contributed by atoms with Crippen molar-refractivity contribution in [1.29, 1.82) is 0 Å². The molecule has 1 atom stereocenters. The SMILES string of the molecule is CCCCCC(=O)c1ccc(OCCCN2CCN(C(=O)[C@@](Cc3c[nH]cn3)(NC(=O)O)C(C)(C)C)CC2)cc1. The van der Waals surface area contributed by atoms with Gasteiger partial charge in [-0.25, -0.2) is 9.78 Å². The lowest BCUT2D eigenvalue weighted by Gasteiger charge is -2.47. The van der Waals surface area contributed by atoms with Gasteiger partial charge in [0.05, 0.1) is 18.6 Å². The van der Waals surface area contributed by atoms with E-state index in [9.17, 15) is 19.5 Å². The number of H-pyrrole nitrogens is 1. The molecule has 40 heavy (non-hydrogen) atoms. The van der Waals surface area contributed by atoms with Gasteiger partial charge in [0, 0.05) is 57.3 Å². The van der Waals surface area contributed by atoms with Crippen LogP contribution >= 0.6 is 0 Å². The Morgan fingerprint density at radius 2 is 1.75 bits per heavy atom. The monoisotopic (exact) mass is 555 g/mol. The van der Waals surface area contributed by atoms with E-state index in [1.807, 2.05) is 45.0 Å². The van der Waals surface area contributed by atoms with Gasteiger partial charge in [-0.3, -0.25) is 14.5 Å². The summed E-state index contributed by atoms with van der Waals surface area (Å²) >= 11 is 0. The third-order valence-corrected chi connectivity index (χ3v) is 7.70. The Bertz CT molecular complexity index is 1090. The number of unbranched alkanes of at least 4 members (excludes halogenated alkanes) is 2. The second kappa shape index (κ2) is 14.3. The summed E-state index contributed by atoms with van der Waals surface area (Å²) in [4.78, 5) is 49.2. The van der Waals surface area contributed by atoms with Crippen molar-refractivity contribution in [1.82, 2.24) is 25.1 Å². The Morgan fingerprint density at radius 3 is 2.33 bits per heavy atom. The zero-order valence-corrected chi connectivity index (χ0v) is 24.4. The standard InChI is InChI=1S/C30H45N5O5/c1-5-6-7-9-26(36)23-10-12-25(13-11-23)40-19-8-14-34-15-17-35(18-16-34)27(37)30(29(2,3)4,33-28(38)39)20-24-21-31-22-32-24/h10-13,21-22,33H,5-9,14-20H2,1-4H3,(H,31,32)(H,38,39)/t30-/m1/s1. The third kappa shape index (κ3) is 8.30. The van der Waals surface area contributed by atoms with E-state index in [1.165, 1.54) is 6.33 Å². The number of nitrogens with zero attached hydrogens (tertiary/aromatic N) is 3. The molecule has 1 aromatic carbocycles. The van der Waals surface area contributed by atoms with E-state index in [2.05, 4.69) is 27.1 Å². The normalized spacial score (nSPS) is 15.8. The number of nitrogens with one attached hydrogen (secondary N) is 2. The minimum absolute atomic E-state index is 0.163. The minimum atomic E-state index is -1.35. The van der Waals surface area contributed by atoms with E-state index in [4.69, 9.17) is 4.74 Å². The summed E-state index contributed by atoms with van der Waals surface area (Å²) in [6.45, 7) is 11.6. The van der Waals surface area contributed by atoms with Crippen LogP contribution in [0.15, 0.2) is 36.8 Å². The predicted octanol–water partition coefficient (Wildman–Crippen LogP) is 4.38. The van der Waals surface area contributed by atoms with Crippen molar-refractivity contribution >= 4 is 17.8 Å². The molecule has 0 bridgehead atoms. The van der Waals surface area contributed by atoms with Crippen molar-refractivity contribution in [2.75, 3.05) is 39.3 Å². The zero-order valence-electron chi connectivity index (χ0n) is 24.4. The fraction of sp³-hybridized carbons (Fsp3) is 0.600. The molecule has 1 fully saturated rings. The highest BCUT2D eigenvalue weighted by molar-refractivity contribution is 5.96. The van der Waals surface area contributed by atoms with Crippen molar-refractivity contribution in [3.63, 3.8) is 0 Å². The van der Waals surface area contributed by atoms with Gasteiger partial charge in [-0.2, -0.15) is 0 Å². The molecule has 1 aliphatic heterocycles. The van der Waals surface area contributed by atoms with Gasteiger partial charge in [0.25, 0.3) is 0 Å². The van der Waals surface area contributed by atoms with Gasteiger partial charge in [-0.1, -0.05) is 40.5 Å². The number of aromatic amines is 1. The summed E-state index contributed by atoms with van der Waals surface area (Å²) in [5, 5.41) is 12.2. The fourth-order valence-electron chi connectivity index (χ4n) is 5.13. The van der Waals surface area contributed by atoms with Gasteiger partial charge in [-0.05, 0) is 42.5 Å². The van der Waals surface area contributed by atoms with Gasteiger partial charge < -0.3 is 25.0 Å². The Labute approximate surface area is 237 Å². The second-order valence-electron chi connectivity index (χ2n) is 11.6. The average molecular weight is 556 g/mol. The number of hydrogen-bond acceptors (Lipinski definition) is 6. The van der Waals surface area contributed by atoms with Crippen LogP contribution in [0.3, 0.4) is 0 Å². The van der Waals surface area contributed by atoms with E-state index < -0.39 is 17.0 Å². The van der Waals surface area contributed by atoms with E-state index >= 15 is 0 Å². The number of piperazine rings is 1. The van der Waals surface area contributed by atoms with E-state index in [-0.39, 0.29) is 18.1 Å². The van der Waals surface area contributed by atoms with Crippen molar-refractivity contribution in [3.05, 3.63) is 48.0 Å². The van der Waals surface area contributed by atoms with Gasteiger partial charge in [-0.15, -0.1) is 0 Å². The number of aromatic nitrogens is 2. The summed E-state index contributed by atoms with van der Waals surface area (Å²) in [6.07, 6.45) is 6.68. The van der Waals surface area contributed by atoms with Crippen molar-refractivity contribution in [2.24, 2.45) is 5.41 Å². The van der Waals surface area contributed by atoms with Gasteiger partial charge in [0.1, 0.15) is 11.3 Å². The molecule has 220 valence electrons. The number of carbonyl (C=O) groups excluding carboxylic acids is 2. The molecule has 10 heteroatoms.